The monoisotopic (exact) mass is 477 g/mol. The van der Waals surface area contributed by atoms with Crippen LogP contribution in [0, 0.1) is 6.92 Å². The number of aryl methyl sites for hydroxylation is 2. The van der Waals surface area contributed by atoms with Crippen LogP contribution in [0.3, 0.4) is 0 Å². The van der Waals surface area contributed by atoms with E-state index in [1.165, 1.54) is 0 Å². The molecule has 0 atom stereocenters. The molecule has 1 N–H and O–H groups in total. The minimum Gasteiger partial charge on any atom is -0.480 e. The Hall–Kier alpha value is -4.01. The Balaban J connectivity index is 0.00000141. The molecular formula is C26H31N5O4. The summed E-state index contributed by atoms with van der Waals surface area (Å²) in [6.45, 7) is 12.1. The lowest BCUT2D eigenvalue weighted by Crippen LogP contribution is -2.15. The molecule has 0 saturated heterocycles. The highest BCUT2D eigenvalue weighted by atomic mass is 16.7. The van der Waals surface area contributed by atoms with Crippen LogP contribution in [0.25, 0.3) is 22.7 Å². The van der Waals surface area contributed by atoms with Crippen molar-refractivity contribution >= 4 is 11.2 Å². The molecule has 1 aliphatic heterocycles. The van der Waals surface area contributed by atoms with E-state index in [0.29, 0.717) is 30.6 Å². The number of benzene rings is 1. The third-order valence-corrected chi connectivity index (χ3v) is 5.38. The average molecular weight is 478 g/mol. The highest BCUT2D eigenvalue weighted by Crippen LogP contribution is 2.32. The summed E-state index contributed by atoms with van der Waals surface area (Å²) in [5.74, 6) is 3.31. The quantitative estimate of drug-likeness (QED) is 0.246. The van der Waals surface area contributed by atoms with Crippen LogP contribution in [-0.4, -0.2) is 32.9 Å². The van der Waals surface area contributed by atoms with Crippen molar-refractivity contribution in [1.82, 2.24) is 24.8 Å². The Morgan fingerprint density at radius 3 is 2.83 bits per heavy atom. The third kappa shape index (κ3) is 5.74. The number of hydrogen-bond donors (Lipinski definition) is 1. The van der Waals surface area contributed by atoms with Gasteiger partial charge in [-0.2, -0.15) is 0 Å². The number of furan rings is 1. The van der Waals surface area contributed by atoms with E-state index in [1.807, 2.05) is 62.0 Å². The number of unbranched alkanes of at least 4 members (excludes halogenated alkanes) is 1. The number of rotatable bonds is 10. The molecule has 0 fully saturated rings. The van der Waals surface area contributed by atoms with Gasteiger partial charge < -0.3 is 28.5 Å². The van der Waals surface area contributed by atoms with Crippen LogP contribution in [0.4, 0.5) is 0 Å². The van der Waals surface area contributed by atoms with Crippen molar-refractivity contribution in [2.24, 2.45) is 0 Å². The van der Waals surface area contributed by atoms with Crippen molar-refractivity contribution in [2.75, 3.05) is 13.4 Å². The van der Waals surface area contributed by atoms with Gasteiger partial charge in [-0.15, -0.1) is 0 Å². The first-order valence-corrected chi connectivity index (χ1v) is 11.8. The summed E-state index contributed by atoms with van der Waals surface area (Å²) in [5, 5.41) is 3.19. The number of nitrogens with zero attached hydrogens (tertiary/aromatic N) is 4. The minimum absolute atomic E-state index is 0.272. The van der Waals surface area contributed by atoms with E-state index >= 15 is 0 Å². The van der Waals surface area contributed by atoms with Gasteiger partial charge in [0.15, 0.2) is 34.6 Å². The summed E-state index contributed by atoms with van der Waals surface area (Å²) in [6, 6.07) is 9.54. The fraction of sp³-hybridized carbons (Fsp3) is 0.346. The smallest absolute Gasteiger partial charge is 0.231 e. The lowest BCUT2D eigenvalue weighted by molar-refractivity contribution is 0.174. The summed E-state index contributed by atoms with van der Waals surface area (Å²) in [7, 11) is 0. The van der Waals surface area contributed by atoms with Gasteiger partial charge in [0, 0.05) is 13.1 Å². The first-order chi connectivity index (χ1) is 17.2. The zero-order chi connectivity index (χ0) is 24.6. The predicted molar refractivity (Wildman–Crippen MR) is 133 cm³/mol. The van der Waals surface area contributed by atoms with E-state index in [9.17, 15) is 0 Å². The highest BCUT2D eigenvalue weighted by Gasteiger charge is 2.14. The van der Waals surface area contributed by atoms with Crippen LogP contribution in [-0.2, 0) is 17.8 Å². The molecule has 1 aliphatic rings. The third-order valence-electron chi connectivity index (χ3n) is 5.38. The van der Waals surface area contributed by atoms with E-state index < -0.39 is 0 Å². The lowest BCUT2D eigenvalue weighted by Gasteiger charge is -2.12. The molecule has 35 heavy (non-hydrogen) atoms. The maximum absolute atomic E-state index is 5.73. The summed E-state index contributed by atoms with van der Waals surface area (Å²) < 4.78 is 24.0. The normalized spacial score (nSPS) is 11.7. The summed E-state index contributed by atoms with van der Waals surface area (Å²) >= 11 is 0. The Morgan fingerprint density at radius 1 is 1.14 bits per heavy atom. The van der Waals surface area contributed by atoms with E-state index in [2.05, 4.69) is 26.8 Å². The number of nitrogens with one attached hydrogen (secondary N) is 1. The molecule has 0 aliphatic carbocycles. The highest BCUT2D eigenvalue weighted by molar-refractivity contribution is 5.75. The van der Waals surface area contributed by atoms with Gasteiger partial charge in [-0.25, -0.2) is 15.0 Å². The number of ether oxygens (including phenoxy) is 3. The van der Waals surface area contributed by atoms with Crippen LogP contribution >= 0.6 is 0 Å². The zero-order valence-electron chi connectivity index (χ0n) is 20.4. The van der Waals surface area contributed by atoms with Crippen LogP contribution in [0.2, 0.25) is 0 Å². The molecule has 184 valence electrons. The van der Waals surface area contributed by atoms with E-state index in [1.54, 1.807) is 6.26 Å². The standard InChI is InChI=1S/C24H25N5O4.C2H6/c1-16-22-24(28-23(27-16)20-6-5-11-31-20)29(14-26-22)9-3-4-10-30-17(2)25-13-18-7-8-19-21(12-18)33-15-32-19;1-2/h5-8,11-12,14,25H,2-4,9-10,13,15H2,1H3;1-2H3. The Bertz CT molecular complexity index is 1270. The molecule has 0 amide bonds. The van der Waals surface area contributed by atoms with Crippen LogP contribution in [0.15, 0.2) is 59.8 Å². The zero-order valence-corrected chi connectivity index (χ0v) is 20.4. The fourth-order valence-electron chi connectivity index (χ4n) is 3.65. The molecule has 0 bridgehead atoms. The second-order valence-corrected chi connectivity index (χ2v) is 7.74. The van der Waals surface area contributed by atoms with Crippen LogP contribution in [0.5, 0.6) is 11.5 Å². The molecule has 1 aromatic carbocycles. The summed E-state index contributed by atoms with van der Waals surface area (Å²) in [6.07, 6.45) is 5.22. The Labute approximate surface area is 204 Å². The minimum atomic E-state index is 0.272. The molecule has 0 radical (unpaired) electrons. The topological polar surface area (TPSA) is 96.5 Å². The van der Waals surface area contributed by atoms with Crippen molar-refractivity contribution in [3.63, 3.8) is 0 Å². The summed E-state index contributed by atoms with van der Waals surface area (Å²) in [4.78, 5) is 13.7. The second kappa shape index (κ2) is 11.4. The van der Waals surface area contributed by atoms with E-state index in [0.717, 1.165) is 53.3 Å². The molecular weight excluding hydrogens is 446 g/mol. The predicted octanol–water partition coefficient (Wildman–Crippen LogP) is 5.21. The molecule has 0 spiro atoms. The maximum atomic E-state index is 5.73. The van der Waals surface area contributed by atoms with Crippen molar-refractivity contribution < 1.29 is 18.6 Å². The van der Waals surface area contributed by atoms with Crippen molar-refractivity contribution in [3.05, 3.63) is 66.6 Å². The lowest BCUT2D eigenvalue weighted by atomic mass is 10.2. The van der Waals surface area contributed by atoms with Gasteiger partial charge in [0.25, 0.3) is 0 Å². The molecule has 9 nitrogen and oxygen atoms in total. The van der Waals surface area contributed by atoms with E-state index in [4.69, 9.17) is 18.6 Å². The SMILES string of the molecule is C=C(NCc1ccc2c(c1)OCO2)OCCCCn1cnc2c(C)nc(-c3ccco3)nc21.CC. The molecule has 3 aromatic heterocycles. The largest absolute Gasteiger partial charge is 0.480 e. The van der Waals surface area contributed by atoms with Gasteiger partial charge in [-0.1, -0.05) is 19.9 Å². The maximum Gasteiger partial charge on any atom is 0.231 e. The molecule has 0 saturated carbocycles. The Kier molecular flexibility index (Phi) is 7.87. The number of hydrogen-bond acceptors (Lipinski definition) is 8. The Morgan fingerprint density at radius 2 is 2.00 bits per heavy atom. The van der Waals surface area contributed by atoms with Gasteiger partial charge in [-0.05, 0) is 56.2 Å². The van der Waals surface area contributed by atoms with Gasteiger partial charge in [-0.3, -0.25) is 0 Å². The number of aromatic nitrogens is 4. The van der Waals surface area contributed by atoms with Crippen molar-refractivity contribution in [1.29, 1.82) is 0 Å². The molecule has 0 unspecified atom stereocenters. The number of imidazole rings is 1. The molecule has 4 aromatic rings. The van der Waals surface area contributed by atoms with Crippen LogP contribution < -0.4 is 14.8 Å². The average Bonchev–Trinajstić information content (AvgIpc) is 3.65. The van der Waals surface area contributed by atoms with E-state index in [-0.39, 0.29) is 6.79 Å². The molecule has 9 heteroatoms. The summed E-state index contributed by atoms with van der Waals surface area (Å²) in [5.41, 5.74) is 3.52. The number of fused-ring (bicyclic) bond motifs is 2. The van der Waals surface area contributed by atoms with Crippen molar-refractivity contribution in [2.45, 2.75) is 46.7 Å². The van der Waals surface area contributed by atoms with Gasteiger partial charge >= 0.3 is 0 Å². The van der Waals surface area contributed by atoms with Gasteiger partial charge in [0.05, 0.1) is 24.9 Å². The van der Waals surface area contributed by atoms with Gasteiger partial charge in [0.2, 0.25) is 6.79 Å². The first kappa shape index (κ1) is 24.1. The molecule has 5 rings (SSSR count). The first-order valence-electron chi connectivity index (χ1n) is 11.8. The van der Waals surface area contributed by atoms with Gasteiger partial charge in [0.1, 0.15) is 5.52 Å². The van der Waals surface area contributed by atoms with Crippen molar-refractivity contribution in [3.8, 4) is 23.1 Å². The fourth-order valence-corrected chi connectivity index (χ4v) is 3.65. The second-order valence-electron chi connectivity index (χ2n) is 7.74. The molecule has 4 heterocycles. The van der Waals surface area contributed by atoms with Crippen LogP contribution in [0.1, 0.15) is 37.9 Å².